The number of methoxy groups -OCH3 is 1. The SMILES string of the molecule is COC(=O)CC(=O)N([C@H]1CCN([C@@H](C)C(=O)N2CCCCC2)C1=O)S(=O)(=O)c1ccc2cc(Cl)ccc2c1. The zero-order valence-corrected chi connectivity index (χ0v) is 22.8. The van der Waals surface area contributed by atoms with E-state index in [-0.39, 0.29) is 23.8 Å². The van der Waals surface area contributed by atoms with Crippen molar-refractivity contribution in [2.45, 2.75) is 56.0 Å². The van der Waals surface area contributed by atoms with Crippen molar-refractivity contribution in [1.82, 2.24) is 14.1 Å². The zero-order valence-electron chi connectivity index (χ0n) is 21.3. The number of sulfonamides is 1. The van der Waals surface area contributed by atoms with Gasteiger partial charge < -0.3 is 14.5 Å². The lowest BCUT2D eigenvalue weighted by Gasteiger charge is -2.33. The Kier molecular flexibility index (Phi) is 8.27. The van der Waals surface area contributed by atoms with Crippen LogP contribution in [0.3, 0.4) is 0 Å². The van der Waals surface area contributed by atoms with Gasteiger partial charge in [0.2, 0.25) is 17.7 Å². The van der Waals surface area contributed by atoms with Gasteiger partial charge in [-0.15, -0.1) is 0 Å². The number of amides is 3. The van der Waals surface area contributed by atoms with E-state index >= 15 is 0 Å². The number of carbonyl (C=O) groups is 4. The molecular weight excluding hydrogens is 534 g/mol. The van der Waals surface area contributed by atoms with Crippen LogP contribution >= 0.6 is 11.6 Å². The highest BCUT2D eigenvalue weighted by Crippen LogP contribution is 2.30. The molecule has 12 heteroatoms. The molecule has 0 aliphatic carbocycles. The summed E-state index contributed by atoms with van der Waals surface area (Å²) in [6.45, 7) is 2.93. The van der Waals surface area contributed by atoms with Gasteiger partial charge in [-0.2, -0.15) is 0 Å². The van der Waals surface area contributed by atoms with Gasteiger partial charge in [0.25, 0.3) is 10.0 Å². The van der Waals surface area contributed by atoms with E-state index in [9.17, 15) is 27.6 Å². The highest BCUT2D eigenvalue weighted by atomic mass is 35.5. The van der Waals surface area contributed by atoms with Crippen LogP contribution in [0.2, 0.25) is 5.02 Å². The van der Waals surface area contributed by atoms with Crippen LogP contribution in [0.4, 0.5) is 0 Å². The van der Waals surface area contributed by atoms with Crippen LogP contribution < -0.4 is 0 Å². The van der Waals surface area contributed by atoms with E-state index in [0.717, 1.165) is 26.4 Å². The summed E-state index contributed by atoms with van der Waals surface area (Å²) in [6, 6.07) is 7.00. The Bertz CT molecular complexity index is 1370. The number of benzene rings is 2. The van der Waals surface area contributed by atoms with Crippen LogP contribution in [0, 0.1) is 0 Å². The van der Waals surface area contributed by atoms with E-state index in [0.29, 0.717) is 33.2 Å². The van der Waals surface area contributed by atoms with Gasteiger partial charge in [0.05, 0.1) is 12.0 Å². The Morgan fingerprint density at radius 2 is 1.71 bits per heavy atom. The predicted molar refractivity (Wildman–Crippen MR) is 140 cm³/mol. The maximum Gasteiger partial charge on any atom is 0.315 e. The van der Waals surface area contributed by atoms with Gasteiger partial charge in [-0.1, -0.05) is 23.7 Å². The first-order valence-corrected chi connectivity index (χ1v) is 14.3. The monoisotopic (exact) mass is 563 g/mol. The zero-order chi connectivity index (χ0) is 27.6. The molecular formula is C26H30ClN3O7S. The molecule has 10 nitrogen and oxygen atoms in total. The maximum absolute atomic E-state index is 13.8. The molecule has 2 atom stereocenters. The molecule has 204 valence electrons. The average Bonchev–Trinajstić information content (AvgIpc) is 3.28. The van der Waals surface area contributed by atoms with Crippen molar-refractivity contribution >= 4 is 56.1 Å². The largest absolute Gasteiger partial charge is 0.469 e. The number of rotatable bonds is 7. The summed E-state index contributed by atoms with van der Waals surface area (Å²) in [6.07, 6.45) is 1.96. The number of halogens is 1. The number of ether oxygens (including phenoxy) is 1. The molecule has 2 aromatic rings. The molecule has 2 fully saturated rings. The van der Waals surface area contributed by atoms with Gasteiger partial charge in [0, 0.05) is 24.7 Å². The first kappa shape index (κ1) is 27.8. The van der Waals surface area contributed by atoms with E-state index in [2.05, 4.69) is 4.74 Å². The Balaban J connectivity index is 1.66. The third kappa shape index (κ3) is 5.49. The average molecular weight is 564 g/mol. The van der Waals surface area contributed by atoms with Crippen LogP contribution in [-0.4, -0.2) is 85.0 Å². The van der Waals surface area contributed by atoms with Crippen molar-refractivity contribution in [3.05, 3.63) is 41.4 Å². The van der Waals surface area contributed by atoms with Crippen molar-refractivity contribution in [3.8, 4) is 0 Å². The molecule has 38 heavy (non-hydrogen) atoms. The highest BCUT2D eigenvalue weighted by Gasteiger charge is 2.47. The summed E-state index contributed by atoms with van der Waals surface area (Å²) in [7, 11) is -3.48. The lowest BCUT2D eigenvalue weighted by Crippen LogP contribution is -2.53. The van der Waals surface area contributed by atoms with Crippen molar-refractivity contribution < 1.29 is 32.3 Å². The van der Waals surface area contributed by atoms with Gasteiger partial charge in [0.1, 0.15) is 18.5 Å². The van der Waals surface area contributed by atoms with Gasteiger partial charge in [-0.25, -0.2) is 12.7 Å². The molecule has 0 radical (unpaired) electrons. The Morgan fingerprint density at radius 1 is 1.05 bits per heavy atom. The molecule has 2 aliphatic heterocycles. The molecule has 2 saturated heterocycles. The molecule has 2 heterocycles. The van der Waals surface area contributed by atoms with E-state index < -0.39 is 46.3 Å². The number of hydrogen-bond acceptors (Lipinski definition) is 7. The van der Waals surface area contributed by atoms with Crippen LogP contribution in [0.5, 0.6) is 0 Å². The van der Waals surface area contributed by atoms with Crippen LogP contribution in [0.1, 0.15) is 39.0 Å². The van der Waals surface area contributed by atoms with Crippen LogP contribution in [0.15, 0.2) is 41.3 Å². The van der Waals surface area contributed by atoms with Crippen molar-refractivity contribution in [2.75, 3.05) is 26.7 Å². The Labute approximate surface area is 226 Å². The fourth-order valence-corrected chi connectivity index (χ4v) is 6.80. The smallest absolute Gasteiger partial charge is 0.315 e. The topological polar surface area (TPSA) is 121 Å². The molecule has 2 aliphatic rings. The highest BCUT2D eigenvalue weighted by molar-refractivity contribution is 7.89. The minimum absolute atomic E-state index is 0.00815. The summed E-state index contributed by atoms with van der Waals surface area (Å²) in [5.41, 5.74) is 0. The quantitative estimate of drug-likeness (QED) is 0.375. The number of carbonyl (C=O) groups excluding carboxylic acids is 4. The number of piperidine rings is 1. The van der Waals surface area contributed by atoms with Crippen LogP contribution in [-0.2, 0) is 33.9 Å². The van der Waals surface area contributed by atoms with E-state index in [4.69, 9.17) is 11.6 Å². The summed E-state index contributed by atoms with van der Waals surface area (Å²) in [5, 5.41) is 1.74. The van der Waals surface area contributed by atoms with Gasteiger partial charge >= 0.3 is 5.97 Å². The lowest BCUT2D eigenvalue weighted by atomic mass is 10.1. The van der Waals surface area contributed by atoms with Crippen molar-refractivity contribution in [2.24, 2.45) is 0 Å². The predicted octanol–water partition coefficient (Wildman–Crippen LogP) is 2.58. The van der Waals surface area contributed by atoms with Crippen molar-refractivity contribution in [3.63, 3.8) is 0 Å². The summed E-state index contributed by atoms with van der Waals surface area (Å²) < 4.78 is 32.7. The summed E-state index contributed by atoms with van der Waals surface area (Å²) >= 11 is 6.03. The second kappa shape index (κ2) is 11.3. The second-order valence-electron chi connectivity index (χ2n) is 9.50. The molecule has 4 rings (SSSR count). The number of nitrogens with zero attached hydrogens (tertiary/aromatic N) is 3. The fraction of sp³-hybridized carbons (Fsp3) is 0.462. The normalized spacial score (nSPS) is 18.9. The standard InChI is InChI=1S/C26H30ClN3O7S/c1-17(25(33)28-11-4-3-5-12-28)29-13-10-22(26(29)34)30(23(31)16-24(32)37-2)38(35,36)21-9-7-18-14-20(27)8-6-19(18)15-21/h6-9,14-15,17,22H,3-5,10-13,16H2,1-2H3/t17-,22-/m0/s1. The van der Waals surface area contributed by atoms with Gasteiger partial charge in [-0.3, -0.25) is 19.2 Å². The maximum atomic E-state index is 13.8. The number of esters is 1. The molecule has 0 N–H and O–H groups in total. The Morgan fingerprint density at radius 3 is 2.39 bits per heavy atom. The van der Waals surface area contributed by atoms with E-state index in [1.807, 2.05) is 0 Å². The second-order valence-corrected chi connectivity index (χ2v) is 11.8. The molecule has 0 aromatic heterocycles. The molecule has 0 bridgehead atoms. The lowest BCUT2D eigenvalue weighted by molar-refractivity contribution is -0.148. The summed E-state index contributed by atoms with van der Waals surface area (Å²) in [4.78, 5) is 54.5. The minimum atomic E-state index is -4.56. The number of hydrogen-bond donors (Lipinski definition) is 0. The number of likely N-dealkylation sites (tertiary alicyclic amines) is 2. The molecule has 0 unspecified atom stereocenters. The van der Waals surface area contributed by atoms with Crippen LogP contribution in [0.25, 0.3) is 10.8 Å². The fourth-order valence-electron chi connectivity index (χ4n) is 5.02. The molecule has 2 aromatic carbocycles. The first-order valence-electron chi connectivity index (χ1n) is 12.5. The third-order valence-corrected chi connectivity index (χ3v) is 9.15. The Hall–Kier alpha value is -3.18. The number of fused-ring (bicyclic) bond motifs is 1. The first-order chi connectivity index (χ1) is 18.0. The summed E-state index contributed by atoms with van der Waals surface area (Å²) in [5.74, 6) is -2.87. The molecule has 0 saturated carbocycles. The molecule has 3 amide bonds. The third-order valence-electron chi connectivity index (χ3n) is 7.09. The van der Waals surface area contributed by atoms with E-state index in [1.165, 1.54) is 17.0 Å². The minimum Gasteiger partial charge on any atom is -0.469 e. The van der Waals surface area contributed by atoms with E-state index in [1.54, 1.807) is 36.1 Å². The molecule has 0 spiro atoms. The van der Waals surface area contributed by atoms with Crippen molar-refractivity contribution in [1.29, 1.82) is 0 Å². The van der Waals surface area contributed by atoms with Gasteiger partial charge in [-0.05, 0) is 67.6 Å². The van der Waals surface area contributed by atoms with Gasteiger partial charge in [0.15, 0.2) is 0 Å².